The number of hydrogen-bond acceptors (Lipinski definition) is 2. The lowest BCUT2D eigenvalue weighted by Gasteiger charge is -2.00. The predicted molar refractivity (Wildman–Crippen MR) is 58.4 cm³/mol. The molecule has 1 fully saturated rings. The van der Waals surface area contributed by atoms with Crippen molar-refractivity contribution in [2.24, 2.45) is 5.92 Å². The predicted octanol–water partition coefficient (Wildman–Crippen LogP) is 1.86. The topological polar surface area (TPSA) is 55.1 Å². The number of carbonyl (C=O) groups is 1. The van der Waals surface area contributed by atoms with Gasteiger partial charge in [-0.15, -0.1) is 0 Å². The molecular weight excluding hydrogens is 302 g/mol. The number of carboxylic acid groups (broad SMARTS) is 1. The van der Waals surface area contributed by atoms with Gasteiger partial charge in [0, 0.05) is 17.8 Å². The number of aromatic nitrogens is 2. The minimum absolute atomic E-state index is 0.178. The number of carboxylic acids is 1. The van der Waals surface area contributed by atoms with Gasteiger partial charge in [-0.3, -0.25) is 4.79 Å². The molecule has 6 heteroatoms. The molecule has 1 aliphatic rings. The maximum Gasteiger partial charge on any atom is 0.307 e. The molecule has 0 radical (unpaired) electrons. The van der Waals surface area contributed by atoms with E-state index in [1.165, 1.54) is 0 Å². The third-order valence-electron chi connectivity index (χ3n) is 2.24. The minimum atomic E-state index is -0.686. The van der Waals surface area contributed by atoms with E-state index in [0.29, 0.717) is 6.37 Å². The van der Waals surface area contributed by atoms with Crippen molar-refractivity contribution in [2.75, 3.05) is 0 Å². The van der Waals surface area contributed by atoms with Crippen LogP contribution >= 0.6 is 28.4 Å². The summed E-state index contributed by atoms with van der Waals surface area (Å²) in [7, 11) is 0. The Balaban J connectivity index is 2.15. The summed E-state index contributed by atoms with van der Waals surface area (Å²) < 4.78 is 1.88. The summed E-state index contributed by atoms with van der Waals surface area (Å²) >= 11 is 2.24. The molecule has 70 valence electrons. The zero-order valence-electron chi connectivity index (χ0n) is 6.64. The van der Waals surface area contributed by atoms with Crippen LogP contribution in [-0.2, 0) is 4.79 Å². The van der Waals surface area contributed by atoms with Gasteiger partial charge in [-0.2, -0.15) is 5.10 Å². The van der Waals surface area contributed by atoms with Gasteiger partial charge < -0.3 is 5.11 Å². The van der Waals surface area contributed by atoms with E-state index in [-0.39, 0.29) is 11.8 Å². The second kappa shape index (κ2) is 3.53. The molecule has 1 heterocycles. The van der Waals surface area contributed by atoms with Crippen molar-refractivity contribution in [3.05, 3.63) is 18.0 Å². The Bertz CT molecular complexity index is 341. The Morgan fingerprint density at radius 2 is 2.62 bits per heavy atom. The molecule has 1 aliphatic carbocycles. The molecule has 0 spiro atoms. The van der Waals surface area contributed by atoms with E-state index in [9.17, 15) is 4.79 Å². The maximum absolute atomic E-state index is 10.6. The van der Waals surface area contributed by atoms with Crippen LogP contribution in [0.15, 0.2) is 12.3 Å². The summed E-state index contributed by atoms with van der Waals surface area (Å²) in [4.78, 5) is 10.6. The van der Waals surface area contributed by atoms with Gasteiger partial charge in [-0.1, -0.05) is 0 Å². The quantitative estimate of drug-likeness (QED) is 0.685. The van der Waals surface area contributed by atoms with Gasteiger partial charge in [-0.25, -0.2) is 4.45 Å². The summed E-state index contributed by atoms with van der Waals surface area (Å²) in [6.45, 7) is 0. The van der Waals surface area contributed by atoms with Crippen LogP contribution in [0.2, 0.25) is 0 Å². The van der Waals surface area contributed by atoms with Crippen LogP contribution in [0.1, 0.15) is 18.0 Å². The van der Waals surface area contributed by atoms with Gasteiger partial charge in [-0.05, 0) is 34.5 Å². The number of halogens is 1. The molecule has 4 nitrogen and oxygen atoms in total. The summed E-state index contributed by atoms with van der Waals surface area (Å²) in [6.07, 6.45) is 3.05. The molecule has 0 bridgehead atoms. The zero-order valence-corrected chi connectivity index (χ0v) is 9.80. The first-order chi connectivity index (χ1) is 6.24. The van der Waals surface area contributed by atoms with Gasteiger partial charge in [0.2, 0.25) is 0 Å². The summed E-state index contributed by atoms with van der Waals surface area (Å²) in [6, 6.07) is 1.92. The molecule has 1 aromatic rings. The van der Waals surface area contributed by atoms with Crippen LogP contribution in [0, 0.1) is 5.92 Å². The molecule has 0 aromatic carbocycles. The fraction of sp³-hybridized carbons (Fsp3) is 0.429. The second-order valence-electron chi connectivity index (χ2n) is 3.04. The van der Waals surface area contributed by atoms with Crippen molar-refractivity contribution >= 4 is 34.4 Å². The molecule has 0 saturated heterocycles. The van der Waals surface area contributed by atoms with Crippen LogP contribution in [0.5, 0.6) is 0 Å². The Labute approximate surface area is 90.0 Å². The lowest BCUT2D eigenvalue weighted by atomic mass is 10.2. The van der Waals surface area contributed by atoms with Crippen molar-refractivity contribution in [1.82, 2.24) is 9.55 Å². The number of nitrogens with zero attached hydrogens (tertiary/aromatic N) is 2. The first-order valence-electron chi connectivity index (χ1n) is 3.87. The minimum Gasteiger partial charge on any atom is -0.481 e. The average molecular weight is 310 g/mol. The fourth-order valence-electron chi connectivity index (χ4n) is 1.46. The van der Waals surface area contributed by atoms with E-state index in [1.54, 1.807) is 6.20 Å². The van der Waals surface area contributed by atoms with Crippen LogP contribution in [0.3, 0.4) is 0 Å². The lowest BCUT2D eigenvalue weighted by Crippen LogP contribution is -2.00. The van der Waals surface area contributed by atoms with Crippen LogP contribution in [-0.4, -0.2) is 20.6 Å². The van der Waals surface area contributed by atoms with Crippen molar-refractivity contribution in [1.29, 1.82) is 0 Å². The van der Waals surface area contributed by atoms with Crippen molar-refractivity contribution in [3.63, 3.8) is 0 Å². The van der Waals surface area contributed by atoms with Gasteiger partial charge in [0.15, 0.2) is 0 Å². The fourth-order valence-corrected chi connectivity index (χ4v) is 3.12. The Hall–Kier alpha value is -0.160. The molecular formula is C7H8IN2O2P. The molecule has 1 saturated carbocycles. The first-order valence-corrected chi connectivity index (χ1v) is 7.93. The summed E-state index contributed by atoms with van der Waals surface area (Å²) in [5, 5.41) is 12.9. The SMILES string of the molecule is O=C(O)[C@H]1C[C@@H]1c1ccnn1PI. The Kier molecular flexibility index (Phi) is 2.55. The standard InChI is InChI=1S/C7H8IN2O2P/c8-13-10-6(1-2-9-10)4-3-5(4)7(11)12/h1-2,4-5,13H,3H2,(H,11,12)/t4-,5-/m0/s1. The number of aliphatic carboxylic acids is 1. The highest BCUT2D eigenvalue weighted by Crippen LogP contribution is 2.48. The van der Waals surface area contributed by atoms with E-state index in [2.05, 4.69) is 27.1 Å². The molecule has 3 atom stereocenters. The smallest absolute Gasteiger partial charge is 0.307 e. The van der Waals surface area contributed by atoms with Crippen molar-refractivity contribution in [2.45, 2.75) is 12.3 Å². The van der Waals surface area contributed by atoms with Gasteiger partial charge in [0.25, 0.3) is 0 Å². The normalized spacial score (nSPS) is 26.8. The van der Waals surface area contributed by atoms with Crippen LogP contribution in [0.4, 0.5) is 0 Å². The van der Waals surface area contributed by atoms with E-state index < -0.39 is 5.97 Å². The van der Waals surface area contributed by atoms with Crippen molar-refractivity contribution < 1.29 is 9.90 Å². The number of hydrogen-bond donors (Lipinski definition) is 1. The highest BCUT2D eigenvalue weighted by Gasteiger charge is 2.45. The molecule has 0 aliphatic heterocycles. The molecule has 13 heavy (non-hydrogen) atoms. The molecule has 1 N–H and O–H groups in total. The lowest BCUT2D eigenvalue weighted by molar-refractivity contribution is -0.138. The Morgan fingerprint density at radius 1 is 1.85 bits per heavy atom. The van der Waals surface area contributed by atoms with E-state index >= 15 is 0 Å². The highest BCUT2D eigenvalue weighted by molar-refractivity contribution is 14.2. The van der Waals surface area contributed by atoms with E-state index in [4.69, 9.17) is 5.11 Å². The molecule has 2 rings (SSSR count). The van der Waals surface area contributed by atoms with Gasteiger partial charge in [0.05, 0.1) is 12.3 Å². The maximum atomic E-state index is 10.6. The second-order valence-corrected chi connectivity index (χ2v) is 5.08. The molecule has 1 aromatic heterocycles. The van der Waals surface area contributed by atoms with E-state index in [0.717, 1.165) is 12.1 Å². The summed E-state index contributed by atoms with van der Waals surface area (Å²) in [5.41, 5.74) is 1.07. The third kappa shape index (κ3) is 1.72. The van der Waals surface area contributed by atoms with Crippen molar-refractivity contribution in [3.8, 4) is 0 Å². The number of rotatable bonds is 3. The Morgan fingerprint density at radius 3 is 3.15 bits per heavy atom. The first kappa shape index (κ1) is 9.40. The summed E-state index contributed by atoms with van der Waals surface area (Å²) in [5.74, 6) is -0.667. The van der Waals surface area contributed by atoms with E-state index in [1.807, 2.05) is 10.5 Å². The third-order valence-corrected chi connectivity index (χ3v) is 4.14. The largest absolute Gasteiger partial charge is 0.481 e. The van der Waals surface area contributed by atoms with Gasteiger partial charge >= 0.3 is 5.97 Å². The highest BCUT2D eigenvalue weighted by atomic mass is 127. The average Bonchev–Trinajstić information content (AvgIpc) is 2.77. The monoisotopic (exact) mass is 310 g/mol. The van der Waals surface area contributed by atoms with Crippen LogP contribution < -0.4 is 0 Å². The molecule has 0 amide bonds. The van der Waals surface area contributed by atoms with Gasteiger partial charge in [0.1, 0.15) is 0 Å². The van der Waals surface area contributed by atoms with Crippen LogP contribution in [0.25, 0.3) is 0 Å². The molecule has 1 unspecified atom stereocenters. The zero-order chi connectivity index (χ0) is 9.42.